The van der Waals surface area contributed by atoms with E-state index >= 15 is 0 Å². The average Bonchev–Trinajstić information content (AvgIpc) is 2.45. The van der Waals surface area contributed by atoms with E-state index in [-0.39, 0.29) is 5.75 Å². The van der Waals surface area contributed by atoms with Gasteiger partial charge >= 0.3 is 0 Å². The molecule has 1 N–H and O–H groups in total. The number of anilines is 1. The number of sulfone groups is 1. The summed E-state index contributed by atoms with van der Waals surface area (Å²) in [6, 6.07) is 8.15. The van der Waals surface area contributed by atoms with E-state index in [0.29, 0.717) is 22.9 Å². The minimum Gasteiger partial charge on any atom is -0.382 e. The SMILES string of the molecule is CCS(=O)(=O)c1ccc(NC2CC(C)N(C)CC2C)cc1. The molecule has 0 amide bonds. The summed E-state index contributed by atoms with van der Waals surface area (Å²) in [7, 11) is -0.941. The molecule has 0 aromatic heterocycles. The van der Waals surface area contributed by atoms with E-state index in [9.17, 15) is 8.42 Å². The maximum absolute atomic E-state index is 11.8. The molecule has 0 radical (unpaired) electrons. The van der Waals surface area contributed by atoms with Crippen LogP contribution >= 0.6 is 0 Å². The molecule has 1 aromatic carbocycles. The molecule has 3 atom stereocenters. The fraction of sp³-hybridized carbons (Fsp3) is 0.625. The molecule has 1 saturated heterocycles. The molecule has 4 nitrogen and oxygen atoms in total. The molecular weight excluding hydrogens is 284 g/mol. The van der Waals surface area contributed by atoms with Crippen molar-refractivity contribution < 1.29 is 8.42 Å². The Morgan fingerprint density at radius 2 is 1.86 bits per heavy atom. The molecule has 1 aliphatic heterocycles. The Bertz CT molecular complexity index is 568. The third-order valence-corrected chi connectivity index (χ3v) is 6.31. The Hall–Kier alpha value is -1.07. The lowest BCUT2D eigenvalue weighted by Crippen LogP contribution is -2.48. The fourth-order valence-corrected chi connectivity index (χ4v) is 3.77. The summed E-state index contributed by atoms with van der Waals surface area (Å²) in [6.07, 6.45) is 1.10. The van der Waals surface area contributed by atoms with Gasteiger partial charge in [-0.05, 0) is 50.6 Å². The van der Waals surface area contributed by atoms with Crippen molar-refractivity contribution in [3.8, 4) is 0 Å². The van der Waals surface area contributed by atoms with Gasteiger partial charge in [0.1, 0.15) is 0 Å². The van der Waals surface area contributed by atoms with Gasteiger partial charge in [0, 0.05) is 24.3 Å². The van der Waals surface area contributed by atoms with Gasteiger partial charge in [0.25, 0.3) is 0 Å². The van der Waals surface area contributed by atoms with Crippen LogP contribution in [0.15, 0.2) is 29.2 Å². The summed E-state index contributed by atoms with van der Waals surface area (Å²) >= 11 is 0. The highest BCUT2D eigenvalue weighted by Crippen LogP contribution is 2.25. The number of nitrogens with zero attached hydrogens (tertiary/aromatic N) is 1. The van der Waals surface area contributed by atoms with Crippen LogP contribution in [0.25, 0.3) is 0 Å². The van der Waals surface area contributed by atoms with Gasteiger partial charge in [-0.2, -0.15) is 0 Å². The number of hydrogen-bond donors (Lipinski definition) is 1. The zero-order valence-corrected chi connectivity index (χ0v) is 14.2. The van der Waals surface area contributed by atoms with E-state index in [0.717, 1.165) is 18.7 Å². The van der Waals surface area contributed by atoms with Gasteiger partial charge in [-0.15, -0.1) is 0 Å². The van der Waals surface area contributed by atoms with Gasteiger partial charge in [-0.1, -0.05) is 13.8 Å². The number of nitrogens with one attached hydrogen (secondary N) is 1. The molecule has 1 fully saturated rings. The lowest BCUT2D eigenvalue weighted by atomic mass is 9.89. The fourth-order valence-electron chi connectivity index (χ4n) is 2.88. The lowest BCUT2D eigenvalue weighted by molar-refractivity contribution is 0.145. The Morgan fingerprint density at radius 1 is 1.24 bits per heavy atom. The minimum atomic E-state index is -3.11. The first-order chi connectivity index (χ1) is 9.83. The van der Waals surface area contributed by atoms with Crippen LogP contribution in [0.1, 0.15) is 27.2 Å². The van der Waals surface area contributed by atoms with Crippen LogP contribution in [0, 0.1) is 5.92 Å². The van der Waals surface area contributed by atoms with Gasteiger partial charge in [0.15, 0.2) is 9.84 Å². The average molecular weight is 310 g/mol. The number of rotatable bonds is 4. The first kappa shape index (κ1) is 16.3. The van der Waals surface area contributed by atoms with Crippen molar-refractivity contribution in [2.24, 2.45) is 5.92 Å². The molecule has 0 saturated carbocycles. The molecule has 0 bridgehead atoms. The first-order valence-electron chi connectivity index (χ1n) is 7.63. The van der Waals surface area contributed by atoms with Gasteiger partial charge in [-0.25, -0.2) is 8.42 Å². The van der Waals surface area contributed by atoms with Crippen molar-refractivity contribution in [3.05, 3.63) is 24.3 Å². The van der Waals surface area contributed by atoms with Crippen molar-refractivity contribution in [1.82, 2.24) is 4.90 Å². The van der Waals surface area contributed by atoms with Crippen LogP contribution in [0.3, 0.4) is 0 Å². The topological polar surface area (TPSA) is 49.4 Å². The second kappa shape index (κ2) is 6.36. The Kier molecular flexibility index (Phi) is 4.94. The number of hydrogen-bond acceptors (Lipinski definition) is 4. The van der Waals surface area contributed by atoms with Crippen LogP contribution in [-0.2, 0) is 9.84 Å². The van der Waals surface area contributed by atoms with E-state index in [4.69, 9.17) is 0 Å². The summed E-state index contributed by atoms with van der Waals surface area (Å²) in [5.41, 5.74) is 0.999. The first-order valence-corrected chi connectivity index (χ1v) is 9.28. The summed E-state index contributed by atoms with van der Waals surface area (Å²) in [5.74, 6) is 0.716. The normalized spacial score (nSPS) is 27.5. The van der Waals surface area contributed by atoms with Gasteiger partial charge in [0.2, 0.25) is 0 Å². The van der Waals surface area contributed by atoms with Crippen LogP contribution in [0.5, 0.6) is 0 Å². The predicted octanol–water partition coefficient (Wildman–Crippen LogP) is 2.62. The summed E-state index contributed by atoms with van der Waals surface area (Å²) in [4.78, 5) is 2.79. The highest BCUT2D eigenvalue weighted by atomic mass is 32.2. The molecule has 5 heteroatoms. The quantitative estimate of drug-likeness (QED) is 0.929. The molecule has 0 spiro atoms. The number of likely N-dealkylation sites (tertiary alicyclic amines) is 1. The molecule has 2 rings (SSSR count). The zero-order chi connectivity index (χ0) is 15.6. The van der Waals surface area contributed by atoms with Crippen molar-refractivity contribution >= 4 is 15.5 Å². The highest BCUT2D eigenvalue weighted by molar-refractivity contribution is 7.91. The third kappa shape index (κ3) is 3.77. The Morgan fingerprint density at radius 3 is 2.43 bits per heavy atom. The molecule has 1 aliphatic rings. The highest BCUT2D eigenvalue weighted by Gasteiger charge is 2.28. The lowest BCUT2D eigenvalue weighted by Gasteiger charge is -2.40. The van der Waals surface area contributed by atoms with Gasteiger partial charge in [0.05, 0.1) is 10.6 Å². The third-order valence-electron chi connectivity index (χ3n) is 4.56. The molecule has 3 unspecified atom stereocenters. The van der Waals surface area contributed by atoms with Crippen molar-refractivity contribution in [2.75, 3.05) is 24.7 Å². The summed E-state index contributed by atoms with van der Waals surface area (Å²) in [5, 5.41) is 3.56. The maximum atomic E-state index is 11.8. The van der Waals surface area contributed by atoms with E-state index in [1.54, 1.807) is 19.1 Å². The largest absolute Gasteiger partial charge is 0.382 e. The van der Waals surface area contributed by atoms with Gasteiger partial charge < -0.3 is 10.2 Å². The molecule has 118 valence electrons. The Labute approximate surface area is 128 Å². The van der Waals surface area contributed by atoms with Crippen LogP contribution in [0.4, 0.5) is 5.69 Å². The minimum absolute atomic E-state index is 0.142. The molecular formula is C16H26N2O2S. The standard InChI is InChI=1S/C16H26N2O2S/c1-5-21(19,20)15-8-6-14(7-9-15)17-16-10-13(3)18(4)11-12(16)2/h6-9,12-13,16-17H,5,10-11H2,1-4H3. The maximum Gasteiger partial charge on any atom is 0.178 e. The molecule has 1 heterocycles. The second-order valence-electron chi connectivity index (χ2n) is 6.18. The van der Waals surface area contributed by atoms with Crippen LogP contribution < -0.4 is 5.32 Å². The van der Waals surface area contributed by atoms with E-state index < -0.39 is 9.84 Å². The molecule has 0 aliphatic carbocycles. The monoisotopic (exact) mass is 310 g/mol. The number of piperidine rings is 1. The van der Waals surface area contributed by atoms with E-state index in [2.05, 4.69) is 31.1 Å². The number of benzene rings is 1. The van der Waals surface area contributed by atoms with Crippen molar-refractivity contribution in [3.63, 3.8) is 0 Å². The van der Waals surface area contributed by atoms with Crippen molar-refractivity contribution in [2.45, 2.75) is 44.2 Å². The second-order valence-corrected chi connectivity index (χ2v) is 8.46. The van der Waals surface area contributed by atoms with E-state index in [1.807, 2.05) is 12.1 Å². The smallest absolute Gasteiger partial charge is 0.178 e. The summed E-state index contributed by atoms with van der Waals surface area (Å²) < 4.78 is 23.6. The zero-order valence-electron chi connectivity index (χ0n) is 13.3. The molecule has 1 aromatic rings. The van der Waals surface area contributed by atoms with Crippen LogP contribution in [-0.4, -0.2) is 44.7 Å². The van der Waals surface area contributed by atoms with E-state index in [1.165, 1.54) is 0 Å². The van der Waals surface area contributed by atoms with Crippen LogP contribution in [0.2, 0.25) is 0 Å². The van der Waals surface area contributed by atoms with Gasteiger partial charge in [-0.3, -0.25) is 0 Å². The molecule has 21 heavy (non-hydrogen) atoms. The van der Waals surface area contributed by atoms with Crippen molar-refractivity contribution in [1.29, 1.82) is 0 Å². The Balaban J connectivity index is 2.07. The summed E-state index contributed by atoms with van der Waals surface area (Å²) in [6.45, 7) is 7.26. The predicted molar refractivity (Wildman–Crippen MR) is 87.5 cm³/mol.